The van der Waals surface area contributed by atoms with Crippen LogP contribution in [0, 0.1) is 6.92 Å². The van der Waals surface area contributed by atoms with Gasteiger partial charge in [0.25, 0.3) is 5.56 Å². The van der Waals surface area contributed by atoms with Crippen LogP contribution < -0.4 is 21.3 Å². The molecule has 0 spiro atoms. The first-order chi connectivity index (χ1) is 14.2. The number of carboxylic acids is 1. The molecule has 0 aliphatic carbocycles. The van der Waals surface area contributed by atoms with Gasteiger partial charge in [0.1, 0.15) is 25.0 Å². The van der Waals surface area contributed by atoms with Crippen molar-refractivity contribution in [2.24, 2.45) is 14.1 Å². The van der Waals surface area contributed by atoms with Gasteiger partial charge in [0.15, 0.2) is 11.2 Å². The van der Waals surface area contributed by atoms with E-state index in [0.717, 1.165) is 10.1 Å². The smallest absolute Gasteiger partial charge is 0.332 e. The molecule has 3 rings (SSSR count). The summed E-state index contributed by atoms with van der Waals surface area (Å²) in [4.78, 5) is 40.1. The van der Waals surface area contributed by atoms with Crippen LogP contribution >= 0.6 is 0 Å². The number of hydrogen-bond acceptors (Lipinski definition) is 7. The number of nitrogens with one attached hydrogen (secondary N) is 1. The highest BCUT2D eigenvalue weighted by atomic mass is 16.5. The summed E-state index contributed by atoms with van der Waals surface area (Å²) in [5, 5.41) is 22.1. The number of carbonyl (C=O) groups is 1. The van der Waals surface area contributed by atoms with Crippen LogP contribution in [0.3, 0.4) is 0 Å². The summed E-state index contributed by atoms with van der Waals surface area (Å²) in [6.07, 6.45) is -1.03. The molecule has 30 heavy (non-hydrogen) atoms. The summed E-state index contributed by atoms with van der Waals surface area (Å²) >= 11 is 0. The molecular formula is C19H23N5O6. The molecule has 0 bridgehead atoms. The summed E-state index contributed by atoms with van der Waals surface area (Å²) in [5.41, 5.74) is 0.0636. The van der Waals surface area contributed by atoms with E-state index >= 15 is 0 Å². The molecule has 1 atom stereocenters. The number of aromatic nitrogens is 4. The summed E-state index contributed by atoms with van der Waals surface area (Å²) < 4.78 is 9.06. The first kappa shape index (κ1) is 21.1. The number of aliphatic hydroxyl groups is 1. The molecule has 0 aliphatic heterocycles. The molecule has 0 saturated carbocycles. The van der Waals surface area contributed by atoms with E-state index in [1.807, 2.05) is 19.1 Å². The second-order valence-corrected chi connectivity index (χ2v) is 6.95. The first-order valence-corrected chi connectivity index (χ1v) is 9.18. The van der Waals surface area contributed by atoms with Gasteiger partial charge in [0.2, 0.25) is 5.95 Å². The number of nitrogens with zero attached hydrogens (tertiary/aromatic N) is 4. The fourth-order valence-electron chi connectivity index (χ4n) is 3.00. The van der Waals surface area contributed by atoms with Gasteiger partial charge in [-0.15, -0.1) is 0 Å². The lowest BCUT2D eigenvalue weighted by atomic mass is 10.2. The van der Waals surface area contributed by atoms with Gasteiger partial charge in [-0.25, -0.2) is 4.79 Å². The second kappa shape index (κ2) is 8.41. The number of imidazole rings is 1. The Balaban J connectivity index is 1.94. The van der Waals surface area contributed by atoms with Crippen molar-refractivity contribution in [3.8, 4) is 5.75 Å². The normalized spacial score (nSPS) is 12.1. The molecular weight excluding hydrogens is 394 g/mol. The summed E-state index contributed by atoms with van der Waals surface area (Å²) in [6.45, 7) is 1.33. The maximum Gasteiger partial charge on any atom is 0.332 e. The number of ether oxygens (including phenoxy) is 1. The van der Waals surface area contributed by atoms with Crippen molar-refractivity contribution in [3.63, 3.8) is 0 Å². The maximum absolute atomic E-state index is 12.7. The van der Waals surface area contributed by atoms with Crippen molar-refractivity contribution >= 4 is 23.1 Å². The number of rotatable bonds is 8. The van der Waals surface area contributed by atoms with Gasteiger partial charge in [-0.1, -0.05) is 17.7 Å². The summed E-state index contributed by atoms with van der Waals surface area (Å²) in [7, 11) is 2.79. The Kier molecular flexibility index (Phi) is 5.92. The van der Waals surface area contributed by atoms with Gasteiger partial charge in [0, 0.05) is 14.1 Å². The Hall–Kier alpha value is -3.60. The predicted octanol–water partition coefficient (Wildman–Crippen LogP) is -0.321. The lowest BCUT2D eigenvalue weighted by molar-refractivity contribution is -0.134. The molecule has 0 saturated heterocycles. The van der Waals surface area contributed by atoms with Gasteiger partial charge in [-0.3, -0.25) is 18.7 Å². The highest BCUT2D eigenvalue weighted by Crippen LogP contribution is 2.17. The molecule has 2 heterocycles. The number of anilines is 1. The van der Waals surface area contributed by atoms with Gasteiger partial charge in [0.05, 0.1) is 6.54 Å². The van der Waals surface area contributed by atoms with E-state index in [4.69, 9.17) is 9.84 Å². The van der Waals surface area contributed by atoms with Crippen LogP contribution in [0.5, 0.6) is 5.75 Å². The van der Waals surface area contributed by atoms with Crippen molar-refractivity contribution in [1.29, 1.82) is 0 Å². The predicted molar refractivity (Wildman–Crippen MR) is 109 cm³/mol. The number of hydrogen-bond donors (Lipinski definition) is 3. The molecule has 11 nitrogen and oxygen atoms in total. The lowest BCUT2D eigenvalue weighted by Gasteiger charge is -2.16. The molecule has 0 amide bonds. The fourth-order valence-corrected chi connectivity index (χ4v) is 3.00. The SMILES string of the molecule is Cc1ccc(OC[C@@H](O)Cn2c(NCC(=O)O)nc3c2c(=O)n(C)c(=O)n3C)cc1. The van der Waals surface area contributed by atoms with Gasteiger partial charge in [-0.05, 0) is 19.1 Å². The van der Waals surface area contributed by atoms with Crippen LogP contribution in [0.25, 0.3) is 11.2 Å². The van der Waals surface area contributed by atoms with Crippen LogP contribution in [-0.4, -0.2) is 54.1 Å². The minimum absolute atomic E-state index is 0.0556. The molecule has 1 aromatic carbocycles. The van der Waals surface area contributed by atoms with Crippen molar-refractivity contribution < 1.29 is 19.7 Å². The highest BCUT2D eigenvalue weighted by molar-refractivity contribution is 5.76. The Morgan fingerprint density at radius 2 is 1.87 bits per heavy atom. The number of fused-ring (bicyclic) bond motifs is 1. The topological polar surface area (TPSA) is 141 Å². The molecule has 160 valence electrons. The van der Waals surface area contributed by atoms with Crippen LogP contribution in [0.1, 0.15) is 5.56 Å². The zero-order valence-electron chi connectivity index (χ0n) is 16.8. The average Bonchev–Trinajstić information content (AvgIpc) is 3.07. The standard InChI is InChI=1S/C19H23N5O6/c1-11-4-6-13(7-5-11)30-10-12(25)9-24-15-16(21-18(24)20-8-14(26)27)22(2)19(29)23(3)17(15)28/h4-7,12,25H,8-10H2,1-3H3,(H,20,21)(H,26,27)/t12-/m0/s1. The van der Waals surface area contributed by atoms with E-state index in [1.54, 1.807) is 12.1 Å². The summed E-state index contributed by atoms with van der Waals surface area (Å²) in [6, 6.07) is 7.31. The third-order valence-corrected chi connectivity index (χ3v) is 4.60. The Morgan fingerprint density at radius 3 is 2.50 bits per heavy atom. The maximum atomic E-state index is 12.7. The number of aliphatic hydroxyl groups excluding tert-OH is 1. The fraction of sp³-hybridized carbons (Fsp3) is 0.368. The Bertz CT molecular complexity index is 1190. The number of carboxylic acid groups (broad SMARTS) is 1. The zero-order chi connectivity index (χ0) is 22.0. The van der Waals surface area contributed by atoms with E-state index in [-0.39, 0.29) is 30.3 Å². The van der Waals surface area contributed by atoms with Crippen molar-refractivity contribution in [1.82, 2.24) is 18.7 Å². The Morgan fingerprint density at radius 1 is 1.20 bits per heavy atom. The van der Waals surface area contributed by atoms with E-state index < -0.39 is 29.9 Å². The number of benzene rings is 1. The van der Waals surface area contributed by atoms with Gasteiger partial charge < -0.3 is 24.8 Å². The molecule has 3 N–H and O–H groups in total. The van der Waals surface area contributed by atoms with Crippen LogP contribution in [-0.2, 0) is 25.4 Å². The highest BCUT2D eigenvalue weighted by Gasteiger charge is 2.21. The third-order valence-electron chi connectivity index (χ3n) is 4.60. The minimum atomic E-state index is -1.13. The van der Waals surface area contributed by atoms with Crippen LogP contribution in [0.4, 0.5) is 5.95 Å². The Labute approximate surface area is 170 Å². The molecule has 3 aromatic rings. The molecule has 0 radical (unpaired) electrons. The van der Waals surface area contributed by atoms with E-state index in [2.05, 4.69) is 10.3 Å². The largest absolute Gasteiger partial charge is 0.491 e. The molecule has 0 fully saturated rings. The number of aliphatic carboxylic acids is 1. The molecule has 11 heteroatoms. The van der Waals surface area contributed by atoms with Crippen molar-refractivity contribution in [2.75, 3.05) is 18.5 Å². The first-order valence-electron chi connectivity index (χ1n) is 9.18. The van der Waals surface area contributed by atoms with Crippen LogP contribution in [0.15, 0.2) is 33.9 Å². The quantitative estimate of drug-likeness (QED) is 0.453. The monoisotopic (exact) mass is 417 g/mol. The van der Waals surface area contributed by atoms with Gasteiger partial charge >= 0.3 is 11.7 Å². The summed E-state index contributed by atoms with van der Waals surface area (Å²) in [5.74, 6) is -0.489. The second-order valence-electron chi connectivity index (χ2n) is 6.95. The lowest BCUT2D eigenvalue weighted by Crippen LogP contribution is -2.38. The molecule has 2 aromatic heterocycles. The minimum Gasteiger partial charge on any atom is -0.491 e. The van der Waals surface area contributed by atoms with E-state index in [1.165, 1.54) is 23.2 Å². The van der Waals surface area contributed by atoms with Crippen LogP contribution in [0.2, 0.25) is 0 Å². The molecule has 0 aliphatic rings. The van der Waals surface area contributed by atoms with Crippen molar-refractivity contribution in [2.45, 2.75) is 19.6 Å². The van der Waals surface area contributed by atoms with E-state index in [9.17, 15) is 19.5 Å². The van der Waals surface area contributed by atoms with E-state index in [0.29, 0.717) is 5.75 Å². The van der Waals surface area contributed by atoms with Gasteiger partial charge in [-0.2, -0.15) is 4.98 Å². The zero-order valence-corrected chi connectivity index (χ0v) is 16.8. The molecule has 0 unspecified atom stereocenters. The number of aryl methyl sites for hydroxylation is 2. The average molecular weight is 417 g/mol. The van der Waals surface area contributed by atoms with Crippen molar-refractivity contribution in [3.05, 3.63) is 50.7 Å². The third kappa shape index (κ3) is 4.20.